The van der Waals surface area contributed by atoms with Crippen molar-refractivity contribution < 1.29 is 9.53 Å². The van der Waals surface area contributed by atoms with Gasteiger partial charge >= 0.3 is 6.09 Å². The molecule has 0 aliphatic heterocycles. The Morgan fingerprint density at radius 3 is 1.33 bits per heavy atom. The van der Waals surface area contributed by atoms with Gasteiger partial charge in [0, 0.05) is 36.9 Å². The average molecular weight is 842 g/mol. The topological polar surface area (TPSA) is 136 Å². The summed E-state index contributed by atoms with van der Waals surface area (Å²) in [5, 5.41) is 19.6. The van der Waals surface area contributed by atoms with E-state index in [-0.39, 0.29) is 0 Å². The van der Waals surface area contributed by atoms with Gasteiger partial charge in [-0.1, -0.05) is 118 Å². The third kappa shape index (κ3) is 25.1. The standard InChI is InChI=1S/C20H29N3O2.C17H31N3.C13H23N3/c24-20(25-18-14-8-3-9-15-18)23-19(21-16-10-4-1-5-11-16)22-17-12-6-2-7-13-17;1-14(2)13-18-17(19-15-9-5-3-6-10-15)20-16-11-7-4-8-12-16;1-10(2)7-14-13(15-8-11(3)4)16-9-12(5)6/h3,8-9,14-17H,1-2,4-7,10-13H2,(H2,21,22,23,24);13,15-16H,3-12H2,1-2H3,(H2,18,19,20);7-9H,1-6H3,(H2,14,15,16). The molecule has 0 saturated heterocycles. The molecular formula is C50H83N9O2. The summed E-state index contributed by atoms with van der Waals surface area (Å²) < 4.78 is 5.35. The van der Waals surface area contributed by atoms with Crippen LogP contribution in [0.3, 0.4) is 0 Å². The summed E-state index contributed by atoms with van der Waals surface area (Å²) in [4.78, 5) is 26.3. The molecule has 4 saturated carbocycles. The van der Waals surface area contributed by atoms with Gasteiger partial charge in [-0.25, -0.2) is 19.8 Å². The number of allylic oxidation sites excluding steroid dienone is 4. The number of aliphatic imine (C=N–C) groups is 3. The molecule has 5 rings (SSSR count). The molecule has 0 radical (unpaired) electrons. The summed E-state index contributed by atoms with van der Waals surface area (Å²) >= 11 is 0. The predicted octanol–water partition coefficient (Wildman–Crippen LogP) is 11.8. The Hall–Kier alpha value is -4.54. The normalized spacial score (nSPS) is 17.8. The van der Waals surface area contributed by atoms with Crippen LogP contribution >= 0.6 is 0 Å². The lowest BCUT2D eigenvalue weighted by molar-refractivity contribution is 0.205. The second-order valence-corrected chi connectivity index (χ2v) is 18.1. The van der Waals surface area contributed by atoms with E-state index in [2.05, 4.69) is 56.9 Å². The second-order valence-electron chi connectivity index (χ2n) is 18.1. The smallest absolute Gasteiger partial charge is 0.410 e. The van der Waals surface area contributed by atoms with Gasteiger partial charge in [0.05, 0.1) is 12.1 Å². The van der Waals surface area contributed by atoms with Gasteiger partial charge in [0.15, 0.2) is 5.96 Å². The minimum Gasteiger partial charge on any atom is -0.410 e. The van der Waals surface area contributed by atoms with Gasteiger partial charge in [0.2, 0.25) is 11.9 Å². The Labute approximate surface area is 370 Å². The van der Waals surface area contributed by atoms with E-state index >= 15 is 0 Å². The molecule has 0 heterocycles. The number of hydrogen-bond acceptors (Lipinski definition) is 5. The van der Waals surface area contributed by atoms with E-state index in [4.69, 9.17) is 14.7 Å². The third-order valence-electron chi connectivity index (χ3n) is 10.8. The number of rotatable bonds is 9. The molecular weight excluding hydrogens is 759 g/mol. The molecule has 11 heteroatoms. The molecule has 11 nitrogen and oxygen atoms in total. The number of nitrogens with one attached hydrogen (secondary N) is 6. The summed E-state index contributed by atoms with van der Waals surface area (Å²) in [7, 11) is 0. The van der Waals surface area contributed by atoms with Gasteiger partial charge in [-0.3, -0.25) is 5.32 Å². The van der Waals surface area contributed by atoms with E-state index in [1.807, 2.05) is 78.3 Å². The van der Waals surface area contributed by atoms with Crippen LogP contribution in [0.5, 0.6) is 5.75 Å². The Balaban J connectivity index is 0.000000251. The van der Waals surface area contributed by atoms with E-state index in [9.17, 15) is 4.79 Å². The molecule has 4 aliphatic carbocycles. The van der Waals surface area contributed by atoms with E-state index in [1.54, 1.807) is 12.1 Å². The van der Waals surface area contributed by atoms with Crippen molar-refractivity contribution in [3.8, 4) is 5.75 Å². The van der Waals surface area contributed by atoms with Crippen molar-refractivity contribution in [3.63, 3.8) is 0 Å². The molecule has 1 aromatic carbocycles. The minimum atomic E-state index is -0.482. The number of nitrogens with zero attached hydrogens (tertiary/aromatic N) is 3. The molecule has 0 unspecified atom stereocenters. The Morgan fingerprint density at radius 2 is 0.902 bits per heavy atom. The van der Waals surface area contributed by atoms with Crippen LogP contribution in [0.25, 0.3) is 0 Å². The van der Waals surface area contributed by atoms with Gasteiger partial charge in [-0.2, -0.15) is 0 Å². The van der Waals surface area contributed by atoms with Crippen LogP contribution in [0.4, 0.5) is 4.79 Å². The lowest BCUT2D eigenvalue weighted by atomic mass is 9.95. The van der Waals surface area contributed by atoms with Crippen LogP contribution in [0, 0.1) is 0 Å². The first-order chi connectivity index (χ1) is 29.4. The number of hydrogen-bond donors (Lipinski definition) is 6. The van der Waals surface area contributed by atoms with Crippen LogP contribution in [0.2, 0.25) is 0 Å². The van der Waals surface area contributed by atoms with Gasteiger partial charge in [0.25, 0.3) is 0 Å². The highest BCUT2D eigenvalue weighted by atomic mass is 16.6. The fourth-order valence-electron chi connectivity index (χ4n) is 7.55. The lowest BCUT2D eigenvalue weighted by Gasteiger charge is -2.26. The summed E-state index contributed by atoms with van der Waals surface area (Å²) in [6, 6.07) is 11.0. The van der Waals surface area contributed by atoms with Crippen molar-refractivity contribution >= 4 is 24.0 Å². The quantitative estimate of drug-likeness (QED) is 0.108. The second kappa shape index (κ2) is 30.5. The molecule has 340 valence electrons. The summed E-state index contributed by atoms with van der Waals surface area (Å²) in [6.07, 6.45) is 32.5. The van der Waals surface area contributed by atoms with Crippen molar-refractivity contribution in [1.82, 2.24) is 31.9 Å². The number of carbonyl (C=O) groups excluding carboxylic acids is 1. The number of carbonyl (C=O) groups is 1. The molecule has 6 N–H and O–H groups in total. The maximum Gasteiger partial charge on any atom is 0.419 e. The highest BCUT2D eigenvalue weighted by Gasteiger charge is 2.20. The van der Waals surface area contributed by atoms with Gasteiger partial charge < -0.3 is 31.3 Å². The SMILES string of the molecule is CC(C)=CN=C(NC=C(C)C)NC=C(C)C.CC(C)=CNC(=NC1CCCCC1)NC1CCCCC1.O=C(NC(=NC1CCCCC1)NC1CCCCC1)Oc1ccccc1. The first-order valence-electron chi connectivity index (χ1n) is 23.6. The van der Waals surface area contributed by atoms with Gasteiger partial charge in [0.1, 0.15) is 5.75 Å². The fraction of sp³-hybridized carbons (Fsp3) is 0.640. The third-order valence-corrected chi connectivity index (χ3v) is 10.8. The first kappa shape index (κ1) is 50.8. The van der Waals surface area contributed by atoms with E-state index < -0.39 is 6.09 Å². The van der Waals surface area contributed by atoms with Crippen LogP contribution < -0.4 is 36.6 Å². The summed E-state index contributed by atoms with van der Waals surface area (Å²) in [5.74, 6) is 2.85. The molecule has 4 aliphatic rings. The van der Waals surface area contributed by atoms with Crippen LogP contribution in [-0.4, -0.2) is 48.1 Å². The monoisotopic (exact) mass is 842 g/mol. The Kier molecular flexibility index (Phi) is 25.4. The van der Waals surface area contributed by atoms with Crippen molar-refractivity contribution in [2.24, 2.45) is 15.0 Å². The number of ether oxygens (including phenoxy) is 1. The average Bonchev–Trinajstić information content (AvgIpc) is 3.24. The van der Waals surface area contributed by atoms with Gasteiger partial charge in [-0.05, 0) is 119 Å². The molecule has 0 bridgehead atoms. The number of para-hydroxylation sites is 1. The Bertz CT molecular complexity index is 1570. The van der Waals surface area contributed by atoms with Crippen molar-refractivity contribution in [1.29, 1.82) is 0 Å². The molecule has 0 spiro atoms. The number of benzene rings is 1. The van der Waals surface area contributed by atoms with Crippen LogP contribution in [-0.2, 0) is 0 Å². The zero-order valence-corrected chi connectivity index (χ0v) is 39.3. The molecule has 61 heavy (non-hydrogen) atoms. The van der Waals surface area contributed by atoms with Crippen LogP contribution in [0.15, 0.2) is 92.4 Å². The zero-order valence-electron chi connectivity index (χ0n) is 39.3. The van der Waals surface area contributed by atoms with E-state index in [0.29, 0.717) is 35.9 Å². The highest BCUT2D eigenvalue weighted by molar-refractivity contribution is 5.95. The van der Waals surface area contributed by atoms with E-state index in [1.165, 1.54) is 119 Å². The predicted molar refractivity (Wildman–Crippen MR) is 259 cm³/mol. The van der Waals surface area contributed by atoms with Crippen molar-refractivity contribution in [2.45, 2.75) is 208 Å². The van der Waals surface area contributed by atoms with Crippen molar-refractivity contribution in [3.05, 3.63) is 77.4 Å². The summed E-state index contributed by atoms with van der Waals surface area (Å²) in [5.41, 5.74) is 4.84. The Morgan fingerprint density at radius 1 is 0.508 bits per heavy atom. The zero-order chi connectivity index (χ0) is 44.1. The molecule has 0 atom stereocenters. The minimum absolute atomic E-state index is 0.303. The van der Waals surface area contributed by atoms with Crippen LogP contribution in [0.1, 0.15) is 184 Å². The largest absolute Gasteiger partial charge is 0.419 e. The first-order valence-corrected chi connectivity index (χ1v) is 23.6. The van der Waals surface area contributed by atoms with E-state index in [0.717, 1.165) is 43.2 Å². The number of guanidine groups is 3. The summed E-state index contributed by atoms with van der Waals surface area (Å²) in [6.45, 7) is 16.4. The van der Waals surface area contributed by atoms with Gasteiger partial charge in [-0.15, -0.1) is 0 Å². The number of amides is 1. The molecule has 4 fully saturated rings. The molecule has 1 amide bonds. The maximum absolute atomic E-state index is 12.3. The molecule has 1 aromatic rings. The highest BCUT2D eigenvalue weighted by Crippen LogP contribution is 2.23. The fourth-order valence-corrected chi connectivity index (χ4v) is 7.55. The van der Waals surface area contributed by atoms with Crippen molar-refractivity contribution in [2.75, 3.05) is 0 Å². The molecule has 0 aromatic heterocycles. The maximum atomic E-state index is 12.3. The lowest BCUT2D eigenvalue weighted by Crippen LogP contribution is -2.48.